The molecule has 0 aliphatic rings. The van der Waals surface area contributed by atoms with Crippen LogP contribution in [-0.2, 0) is 0 Å². The summed E-state index contributed by atoms with van der Waals surface area (Å²) in [7, 11) is 0. The zero-order valence-corrected chi connectivity index (χ0v) is 8.24. The molecule has 5 heteroatoms. The van der Waals surface area contributed by atoms with E-state index >= 15 is 0 Å². The molecule has 1 atom stereocenters. The summed E-state index contributed by atoms with van der Waals surface area (Å²) in [5.41, 5.74) is 0. The van der Waals surface area contributed by atoms with Crippen molar-refractivity contribution in [2.45, 2.75) is 13.0 Å². The lowest BCUT2D eigenvalue weighted by Gasteiger charge is -2.10. The van der Waals surface area contributed by atoms with E-state index in [4.69, 9.17) is 5.11 Å². The van der Waals surface area contributed by atoms with E-state index in [1.54, 1.807) is 6.07 Å². The highest BCUT2D eigenvalue weighted by atomic mass is 79.9. The molecule has 66 valence electrons. The number of nitrogens with one attached hydrogen (secondary N) is 1. The molecular formula is C7H10BrN3O. The maximum atomic E-state index is 8.75. The second-order valence-electron chi connectivity index (χ2n) is 2.45. The Labute approximate surface area is 79.2 Å². The highest BCUT2D eigenvalue weighted by molar-refractivity contribution is 9.10. The third-order valence-electron chi connectivity index (χ3n) is 1.30. The van der Waals surface area contributed by atoms with E-state index in [2.05, 4.69) is 31.2 Å². The van der Waals surface area contributed by atoms with Crippen LogP contribution < -0.4 is 5.32 Å². The fourth-order valence-electron chi connectivity index (χ4n) is 0.711. The first-order chi connectivity index (χ1) is 5.72. The predicted molar refractivity (Wildman–Crippen MR) is 49.9 cm³/mol. The van der Waals surface area contributed by atoms with Crippen molar-refractivity contribution >= 4 is 21.7 Å². The normalized spacial score (nSPS) is 12.6. The van der Waals surface area contributed by atoms with Crippen LogP contribution in [0, 0.1) is 0 Å². The van der Waals surface area contributed by atoms with E-state index in [0.717, 1.165) is 4.60 Å². The number of aliphatic hydroxyl groups excluding tert-OH is 1. The fraction of sp³-hybridized carbons (Fsp3) is 0.429. The molecule has 0 aromatic carbocycles. The van der Waals surface area contributed by atoms with Crippen LogP contribution in [0.2, 0.25) is 0 Å². The Hall–Kier alpha value is -0.680. The molecule has 0 saturated heterocycles. The molecule has 2 N–H and O–H groups in total. The summed E-state index contributed by atoms with van der Waals surface area (Å²) in [4.78, 5) is 7.84. The fourth-order valence-corrected chi connectivity index (χ4v) is 1.02. The van der Waals surface area contributed by atoms with Crippen LogP contribution >= 0.6 is 15.9 Å². The zero-order valence-electron chi connectivity index (χ0n) is 6.66. The minimum atomic E-state index is 0.00630. The molecule has 0 saturated carbocycles. The van der Waals surface area contributed by atoms with Gasteiger partial charge in [0, 0.05) is 12.1 Å². The van der Waals surface area contributed by atoms with Crippen molar-refractivity contribution in [1.82, 2.24) is 9.97 Å². The quantitative estimate of drug-likeness (QED) is 0.764. The van der Waals surface area contributed by atoms with Gasteiger partial charge in [-0.15, -0.1) is 0 Å². The van der Waals surface area contributed by atoms with Gasteiger partial charge in [-0.3, -0.25) is 0 Å². The SMILES string of the molecule is CC(CO)Nc1cc(Br)ncn1. The van der Waals surface area contributed by atoms with Crippen LogP contribution in [0.5, 0.6) is 0 Å². The maximum Gasteiger partial charge on any atom is 0.130 e. The molecular weight excluding hydrogens is 222 g/mol. The van der Waals surface area contributed by atoms with E-state index in [-0.39, 0.29) is 12.6 Å². The number of hydrogen-bond acceptors (Lipinski definition) is 4. The van der Waals surface area contributed by atoms with Gasteiger partial charge in [0.25, 0.3) is 0 Å². The first kappa shape index (κ1) is 9.41. The largest absolute Gasteiger partial charge is 0.394 e. The van der Waals surface area contributed by atoms with Gasteiger partial charge in [-0.25, -0.2) is 9.97 Å². The van der Waals surface area contributed by atoms with Gasteiger partial charge in [0.2, 0.25) is 0 Å². The molecule has 0 fully saturated rings. The van der Waals surface area contributed by atoms with Crippen molar-refractivity contribution in [1.29, 1.82) is 0 Å². The summed E-state index contributed by atoms with van der Waals surface area (Å²) in [5.74, 6) is 0.707. The van der Waals surface area contributed by atoms with Crippen molar-refractivity contribution in [3.63, 3.8) is 0 Å². The van der Waals surface area contributed by atoms with Crippen LogP contribution in [0.4, 0.5) is 5.82 Å². The average Bonchev–Trinajstić information content (AvgIpc) is 2.04. The number of aliphatic hydroxyl groups is 1. The predicted octanol–water partition coefficient (Wildman–Crippen LogP) is 1.03. The van der Waals surface area contributed by atoms with Gasteiger partial charge >= 0.3 is 0 Å². The molecule has 0 bridgehead atoms. The Balaban J connectivity index is 2.63. The molecule has 12 heavy (non-hydrogen) atoms. The summed E-state index contributed by atoms with van der Waals surface area (Å²) in [6.07, 6.45) is 1.45. The Bertz CT molecular complexity index is 256. The Morgan fingerprint density at radius 3 is 3.00 bits per heavy atom. The van der Waals surface area contributed by atoms with Crippen molar-refractivity contribution in [3.8, 4) is 0 Å². The third-order valence-corrected chi connectivity index (χ3v) is 1.74. The smallest absolute Gasteiger partial charge is 0.130 e. The number of rotatable bonds is 3. The number of hydrogen-bond donors (Lipinski definition) is 2. The van der Waals surface area contributed by atoms with Crippen molar-refractivity contribution in [3.05, 3.63) is 17.0 Å². The van der Waals surface area contributed by atoms with Crippen LogP contribution in [0.15, 0.2) is 17.0 Å². The summed E-state index contributed by atoms with van der Waals surface area (Å²) in [6, 6.07) is 1.76. The van der Waals surface area contributed by atoms with E-state index in [0.29, 0.717) is 5.82 Å². The minimum Gasteiger partial charge on any atom is -0.394 e. The molecule has 1 aromatic heterocycles. The van der Waals surface area contributed by atoms with Gasteiger partial charge in [-0.05, 0) is 22.9 Å². The average molecular weight is 232 g/mol. The molecule has 1 rings (SSSR count). The molecule has 1 heterocycles. The highest BCUT2D eigenvalue weighted by Gasteiger charge is 2.00. The van der Waals surface area contributed by atoms with Gasteiger partial charge in [0.1, 0.15) is 16.7 Å². The van der Waals surface area contributed by atoms with Crippen LogP contribution in [0.1, 0.15) is 6.92 Å². The number of anilines is 1. The summed E-state index contributed by atoms with van der Waals surface area (Å²) in [5, 5.41) is 11.7. The van der Waals surface area contributed by atoms with Crippen LogP contribution in [0.3, 0.4) is 0 Å². The summed E-state index contributed by atoms with van der Waals surface area (Å²) < 4.78 is 0.727. The molecule has 0 radical (unpaired) electrons. The van der Waals surface area contributed by atoms with Crippen molar-refractivity contribution in [2.24, 2.45) is 0 Å². The molecule has 4 nitrogen and oxygen atoms in total. The van der Waals surface area contributed by atoms with Crippen molar-refractivity contribution in [2.75, 3.05) is 11.9 Å². The highest BCUT2D eigenvalue weighted by Crippen LogP contribution is 2.09. The van der Waals surface area contributed by atoms with E-state index < -0.39 is 0 Å². The summed E-state index contributed by atoms with van der Waals surface area (Å²) >= 11 is 3.22. The first-order valence-corrected chi connectivity index (χ1v) is 4.36. The van der Waals surface area contributed by atoms with E-state index in [1.165, 1.54) is 6.33 Å². The second kappa shape index (κ2) is 4.37. The van der Waals surface area contributed by atoms with Crippen molar-refractivity contribution < 1.29 is 5.11 Å². The van der Waals surface area contributed by atoms with Crippen LogP contribution in [0.25, 0.3) is 0 Å². The topological polar surface area (TPSA) is 58.0 Å². The van der Waals surface area contributed by atoms with Gasteiger partial charge in [-0.1, -0.05) is 0 Å². The monoisotopic (exact) mass is 231 g/mol. The second-order valence-corrected chi connectivity index (χ2v) is 3.27. The van der Waals surface area contributed by atoms with Gasteiger partial charge < -0.3 is 10.4 Å². The molecule has 0 spiro atoms. The molecule has 0 aliphatic heterocycles. The number of aromatic nitrogens is 2. The lowest BCUT2D eigenvalue weighted by Crippen LogP contribution is -2.19. The zero-order chi connectivity index (χ0) is 8.97. The number of halogens is 1. The van der Waals surface area contributed by atoms with Gasteiger partial charge in [0.15, 0.2) is 0 Å². The Morgan fingerprint density at radius 2 is 2.42 bits per heavy atom. The molecule has 0 aliphatic carbocycles. The lowest BCUT2D eigenvalue weighted by molar-refractivity contribution is 0.281. The van der Waals surface area contributed by atoms with E-state index in [1.807, 2.05) is 6.92 Å². The molecule has 1 unspecified atom stereocenters. The first-order valence-electron chi connectivity index (χ1n) is 3.57. The minimum absolute atomic E-state index is 0.00630. The van der Waals surface area contributed by atoms with E-state index in [9.17, 15) is 0 Å². The molecule has 0 amide bonds. The Morgan fingerprint density at radius 1 is 1.67 bits per heavy atom. The summed E-state index contributed by atoms with van der Waals surface area (Å²) in [6.45, 7) is 1.96. The third kappa shape index (κ3) is 2.75. The lowest BCUT2D eigenvalue weighted by atomic mass is 10.3. The van der Waals surface area contributed by atoms with Crippen LogP contribution in [-0.4, -0.2) is 27.7 Å². The molecule has 1 aromatic rings. The Kier molecular flexibility index (Phi) is 3.43. The van der Waals surface area contributed by atoms with Gasteiger partial charge in [0.05, 0.1) is 6.61 Å². The maximum absolute atomic E-state index is 8.75. The standard InChI is InChI=1S/C7H10BrN3O/c1-5(3-12)11-7-2-6(8)9-4-10-7/h2,4-5,12H,3H2,1H3,(H,9,10,11). The number of nitrogens with zero attached hydrogens (tertiary/aromatic N) is 2. The van der Waals surface area contributed by atoms with Gasteiger partial charge in [-0.2, -0.15) is 0 Å².